The summed E-state index contributed by atoms with van der Waals surface area (Å²) in [5.41, 5.74) is 0.699. The molecule has 0 radical (unpaired) electrons. The fraction of sp³-hybridized carbons (Fsp3) is 0.296. The van der Waals surface area contributed by atoms with E-state index < -0.39 is 31.9 Å². The Labute approximate surface area is 254 Å². The number of halogens is 3. The van der Waals surface area contributed by atoms with Gasteiger partial charge in [-0.15, -0.1) is 0 Å². The molecule has 1 amide bonds. The lowest BCUT2D eigenvalue weighted by Crippen LogP contribution is -2.70. The van der Waals surface area contributed by atoms with Crippen molar-refractivity contribution in [2.45, 2.75) is 34.7 Å². The Morgan fingerprint density at radius 2 is 1.83 bits per heavy atom. The minimum absolute atomic E-state index is 0.0135. The summed E-state index contributed by atoms with van der Waals surface area (Å²) in [5, 5.41) is 22.1. The van der Waals surface area contributed by atoms with E-state index in [0.717, 1.165) is 33.4 Å². The number of carbonyl (C=O) groups is 1. The van der Waals surface area contributed by atoms with Crippen LogP contribution in [0.3, 0.4) is 0 Å². The summed E-state index contributed by atoms with van der Waals surface area (Å²) >= 11 is 16.7. The van der Waals surface area contributed by atoms with Crippen LogP contribution >= 0.6 is 39.1 Å². The number of benzene rings is 3. The first-order valence-electron chi connectivity index (χ1n) is 12.7. The molecule has 1 spiro atoms. The summed E-state index contributed by atoms with van der Waals surface area (Å²) in [6.45, 7) is 0.396. The van der Waals surface area contributed by atoms with Gasteiger partial charge in [-0.3, -0.25) is 14.9 Å². The van der Waals surface area contributed by atoms with E-state index >= 15 is 0 Å². The van der Waals surface area contributed by atoms with Crippen molar-refractivity contribution in [3.8, 4) is 0 Å². The smallest absolute Gasteiger partial charge is 0.269 e. The fourth-order valence-electron chi connectivity index (χ4n) is 6.71. The molecule has 3 aliphatic heterocycles. The molecule has 0 unspecified atom stereocenters. The van der Waals surface area contributed by atoms with E-state index in [1.807, 2.05) is 24.3 Å². The number of piperidine rings is 1. The van der Waals surface area contributed by atoms with Gasteiger partial charge in [-0.25, -0.2) is 12.7 Å². The molecule has 3 aromatic rings. The van der Waals surface area contributed by atoms with Crippen molar-refractivity contribution in [2.75, 3.05) is 30.8 Å². The molecule has 1 fully saturated rings. The minimum atomic E-state index is -4.03. The Hall–Kier alpha value is -2.90. The van der Waals surface area contributed by atoms with Crippen LogP contribution in [0.2, 0.25) is 10.0 Å². The zero-order valence-electron chi connectivity index (χ0n) is 21.6. The quantitative estimate of drug-likeness (QED) is 0.239. The maximum absolute atomic E-state index is 14.3. The Bertz CT molecular complexity index is 1720. The maximum Gasteiger partial charge on any atom is 0.269 e. The van der Waals surface area contributed by atoms with Crippen LogP contribution in [-0.2, 0) is 25.6 Å². The lowest BCUT2D eigenvalue weighted by molar-refractivity contribution is -0.384. The van der Waals surface area contributed by atoms with Crippen LogP contribution < -0.4 is 16.0 Å². The van der Waals surface area contributed by atoms with E-state index in [9.17, 15) is 23.3 Å². The highest BCUT2D eigenvalue weighted by Crippen LogP contribution is 2.63. The number of hydrogen-bond donors (Lipinski definition) is 3. The molecule has 10 nitrogen and oxygen atoms in total. The third-order valence-corrected chi connectivity index (χ3v) is 11.5. The molecule has 3 aromatic carbocycles. The highest BCUT2D eigenvalue weighted by atomic mass is 79.9. The topological polar surface area (TPSA) is 134 Å². The molecular formula is C27H24BrCl2N5O5S. The minimum Gasteiger partial charge on any atom is -0.364 e. The van der Waals surface area contributed by atoms with Crippen LogP contribution in [0.15, 0.2) is 64.0 Å². The van der Waals surface area contributed by atoms with Crippen molar-refractivity contribution in [3.63, 3.8) is 0 Å². The van der Waals surface area contributed by atoms with E-state index in [1.165, 1.54) is 23.5 Å². The van der Waals surface area contributed by atoms with Crippen LogP contribution in [0.25, 0.3) is 0 Å². The van der Waals surface area contributed by atoms with Crippen molar-refractivity contribution in [3.05, 3.63) is 90.4 Å². The summed E-state index contributed by atoms with van der Waals surface area (Å²) < 4.78 is 29.0. The van der Waals surface area contributed by atoms with E-state index in [-0.39, 0.29) is 29.5 Å². The summed E-state index contributed by atoms with van der Waals surface area (Å²) in [6.07, 6.45) is 0.249. The first-order valence-corrected chi connectivity index (χ1v) is 15.7. The Balaban J connectivity index is 1.48. The van der Waals surface area contributed by atoms with Gasteiger partial charge < -0.3 is 16.0 Å². The normalized spacial score (nSPS) is 24.3. The number of nitro benzene ring substituents is 1. The SMILES string of the molecule is CN(CC[C@]12C(=O)NCC[C@]13c1cc(Cl)cc(Cl)c1N[C@@H]3Nc1cc(Br)ccc12)S(=O)(=O)c1ccc([N+](=O)[O-])cc1. The number of amides is 1. The van der Waals surface area contributed by atoms with E-state index in [0.29, 0.717) is 28.7 Å². The third-order valence-electron chi connectivity index (χ3n) is 8.57. The number of anilines is 2. The molecule has 3 atom stereocenters. The average Bonchev–Trinajstić information content (AvgIpc) is 3.24. The molecule has 0 saturated carbocycles. The van der Waals surface area contributed by atoms with Gasteiger partial charge in [0.25, 0.3) is 5.69 Å². The number of nitrogens with one attached hydrogen (secondary N) is 3. The molecule has 214 valence electrons. The zero-order valence-corrected chi connectivity index (χ0v) is 25.5. The molecule has 14 heteroatoms. The van der Waals surface area contributed by atoms with Crippen molar-refractivity contribution in [2.24, 2.45) is 0 Å². The van der Waals surface area contributed by atoms with Crippen molar-refractivity contribution in [1.29, 1.82) is 0 Å². The van der Waals surface area contributed by atoms with E-state index in [2.05, 4.69) is 31.9 Å². The highest BCUT2D eigenvalue weighted by Gasteiger charge is 2.68. The van der Waals surface area contributed by atoms with Crippen molar-refractivity contribution >= 4 is 72.1 Å². The van der Waals surface area contributed by atoms with Crippen molar-refractivity contribution in [1.82, 2.24) is 9.62 Å². The van der Waals surface area contributed by atoms with E-state index in [1.54, 1.807) is 6.07 Å². The number of nitro groups is 1. The number of nitrogens with zero attached hydrogens (tertiary/aromatic N) is 2. The van der Waals surface area contributed by atoms with Gasteiger partial charge in [0, 0.05) is 47.5 Å². The van der Waals surface area contributed by atoms with Crippen LogP contribution in [0.4, 0.5) is 17.1 Å². The third kappa shape index (κ3) is 4.06. The summed E-state index contributed by atoms with van der Waals surface area (Å²) in [7, 11) is -2.58. The predicted octanol–water partition coefficient (Wildman–Crippen LogP) is 5.25. The second-order valence-electron chi connectivity index (χ2n) is 10.4. The molecule has 0 aliphatic carbocycles. The second kappa shape index (κ2) is 9.84. The number of sulfonamides is 1. The first kappa shape index (κ1) is 28.2. The highest BCUT2D eigenvalue weighted by molar-refractivity contribution is 9.10. The van der Waals surface area contributed by atoms with Crippen LogP contribution in [0.5, 0.6) is 0 Å². The average molecular weight is 681 g/mol. The number of rotatable bonds is 6. The molecule has 41 heavy (non-hydrogen) atoms. The largest absolute Gasteiger partial charge is 0.364 e. The predicted molar refractivity (Wildman–Crippen MR) is 160 cm³/mol. The summed E-state index contributed by atoms with van der Waals surface area (Å²) in [4.78, 5) is 24.7. The van der Waals surface area contributed by atoms with Crippen LogP contribution in [-0.4, -0.2) is 49.9 Å². The molecule has 0 bridgehead atoms. The zero-order chi connectivity index (χ0) is 29.3. The van der Waals surface area contributed by atoms with Gasteiger partial charge in [0.05, 0.1) is 31.4 Å². The lowest BCUT2D eigenvalue weighted by Gasteiger charge is -2.57. The first-order chi connectivity index (χ1) is 19.4. The lowest BCUT2D eigenvalue weighted by atomic mass is 9.50. The Morgan fingerprint density at radius 3 is 2.54 bits per heavy atom. The maximum atomic E-state index is 14.3. The van der Waals surface area contributed by atoms with Gasteiger partial charge in [0.1, 0.15) is 6.17 Å². The van der Waals surface area contributed by atoms with Crippen molar-refractivity contribution < 1.29 is 18.1 Å². The fourth-order valence-corrected chi connectivity index (χ4v) is 8.79. The van der Waals surface area contributed by atoms with Gasteiger partial charge in [0.2, 0.25) is 15.9 Å². The number of carbonyl (C=O) groups excluding carboxylic acids is 1. The monoisotopic (exact) mass is 679 g/mol. The molecule has 3 heterocycles. The number of fused-ring (bicyclic) bond motifs is 3. The standard InChI is InChI=1S/C27H24BrCl2N5O5S/c1-34(41(39,40)18-5-3-17(4-6-18)35(37)38)11-9-27-19-7-2-15(28)12-22(19)32-24-26(27,8-10-31-25(27)36)20-13-16(29)14-21(30)23(20)33-24/h2-7,12-14,24,32-33H,8-11H2,1H3,(H,31,36)/t24-,26+,27-/m0/s1. The number of non-ortho nitro benzene ring substituents is 1. The molecular weight excluding hydrogens is 657 g/mol. The Kier molecular flexibility index (Phi) is 6.77. The molecule has 3 aliphatic rings. The Morgan fingerprint density at radius 1 is 1.10 bits per heavy atom. The van der Waals surface area contributed by atoms with Gasteiger partial charge in [0.15, 0.2) is 0 Å². The molecule has 6 rings (SSSR count). The van der Waals surface area contributed by atoms with Gasteiger partial charge >= 0.3 is 0 Å². The summed E-state index contributed by atoms with van der Waals surface area (Å²) in [5.74, 6) is -0.217. The molecule has 3 N–H and O–H groups in total. The van der Waals surface area contributed by atoms with Gasteiger partial charge in [-0.05, 0) is 60.4 Å². The van der Waals surface area contributed by atoms with Gasteiger partial charge in [-0.1, -0.05) is 45.2 Å². The molecule has 1 saturated heterocycles. The molecule has 0 aromatic heterocycles. The second-order valence-corrected chi connectivity index (χ2v) is 14.2. The van der Waals surface area contributed by atoms with E-state index in [4.69, 9.17) is 23.2 Å². The summed E-state index contributed by atoms with van der Waals surface area (Å²) in [6, 6.07) is 13.9. The van der Waals surface area contributed by atoms with Crippen LogP contribution in [0, 0.1) is 10.1 Å². The van der Waals surface area contributed by atoms with Gasteiger partial charge in [-0.2, -0.15) is 0 Å². The number of hydrogen-bond acceptors (Lipinski definition) is 7. The van der Waals surface area contributed by atoms with Crippen LogP contribution in [0.1, 0.15) is 24.0 Å².